The molecule has 0 radical (unpaired) electrons. The van der Waals surface area contributed by atoms with Crippen molar-refractivity contribution in [2.24, 2.45) is 5.41 Å². The van der Waals surface area contributed by atoms with E-state index in [-0.39, 0.29) is 11.5 Å². The molecule has 126 valence electrons. The summed E-state index contributed by atoms with van der Waals surface area (Å²) in [7, 11) is 0. The van der Waals surface area contributed by atoms with Gasteiger partial charge in [-0.1, -0.05) is 39.0 Å². The highest BCUT2D eigenvalue weighted by Gasteiger charge is 2.36. The van der Waals surface area contributed by atoms with E-state index < -0.39 is 17.4 Å². The largest absolute Gasteiger partial charge is 0.343 e. The summed E-state index contributed by atoms with van der Waals surface area (Å²) >= 11 is 0. The zero-order chi connectivity index (χ0) is 17.4. The molecule has 1 atom stereocenters. The quantitative estimate of drug-likeness (QED) is 0.851. The maximum atomic E-state index is 12.7. The maximum absolute atomic E-state index is 12.7. The second-order valence-electron chi connectivity index (χ2n) is 8.43. The molecule has 0 aromatic heterocycles. The van der Waals surface area contributed by atoms with E-state index in [0.717, 1.165) is 24.1 Å². The highest BCUT2D eigenvalue weighted by Crippen LogP contribution is 2.32. The Morgan fingerprint density at radius 1 is 1.17 bits per heavy atom. The number of carbonyl (C=O) groups is 2. The van der Waals surface area contributed by atoms with E-state index in [9.17, 15) is 9.59 Å². The Labute approximate surface area is 139 Å². The zero-order valence-electron chi connectivity index (χ0n) is 15.1. The molecule has 0 saturated carbocycles. The van der Waals surface area contributed by atoms with Crippen LogP contribution in [0.2, 0.25) is 0 Å². The number of para-hydroxylation sites is 1. The number of nitrogens with one attached hydrogen (secondary N) is 1. The number of rotatable bonds is 2. The third kappa shape index (κ3) is 4.12. The molecule has 2 rings (SSSR count). The van der Waals surface area contributed by atoms with Crippen LogP contribution in [0.5, 0.6) is 0 Å². The van der Waals surface area contributed by atoms with E-state index in [0.29, 0.717) is 0 Å². The number of amides is 2. The van der Waals surface area contributed by atoms with E-state index in [4.69, 9.17) is 0 Å². The molecule has 0 saturated heterocycles. The summed E-state index contributed by atoms with van der Waals surface area (Å²) in [5.74, 6) is -0.993. The van der Waals surface area contributed by atoms with Crippen molar-refractivity contribution in [2.75, 3.05) is 4.90 Å². The summed E-state index contributed by atoms with van der Waals surface area (Å²) in [6, 6.07) is 7.80. The predicted molar refractivity (Wildman–Crippen MR) is 93.4 cm³/mol. The van der Waals surface area contributed by atoms with Gasteiger partial charge in [-0.3, -0.25) is 9.59 Å². The van der Waals surface area contributed by atoms with Gasteiger partial charge in [0.2, 0.25) is 0 Å². The minimum atomic E-state index is -0.525. The Balaban J connectivity index is 2.13. The molecule has 0 aliphatic carbocycles. The van der Waals surface area contributed by atoms with Gasteiger partial charge in [0.05, 0.1) is 0 Å². The van der Waals surface area contributed by atoms with E-state index in [1.807, 2.05) is 45.0 Å². The van der Waals surface area contributed by atoms with E-state index in [2.05, 4.69) is 26.1 Å². The Morgan fingerprint density at radius 3 is 2.39 bits per heavy atom. The van der Waals surface area contributed by atoms with Crippen LogP contribution in [0.1, 0.15) is 53.5 Å². The van der Waals surface area contributed by atoms with Crippen LogP contribution < -0.4 is 10.2 Å². The molecule has 1 aromatic rings. The van der Waals surface area contributed by atoms with Crippen LogP contribution >= 0.6 is 0 Å². The first-order valence-electron chi connectivity index (χ1n) is 8.24. The van der Waals surface area contributed by atoms with Crippen LogP contribution in [-0.2, 0) is 16.0 Å². The van der Waals surface area contributed by atoms with E-state index in [1.54, 1.807) is 4.90 Å². The molecule has 23 heavy (non-hydrogen) atoms. The van der Waals surface area contributed by atoms with Crippen molar-refractivity contribution in [1.82, 2.24) is 5.32 Å². The van der Waals surface area contributed by atoms with Crippen molar-refractivity contribution >= 4 is 17.5 Å². The second kappa shape index (κ2) is 5.99. The van der Waals surface area contributed by atoms with Gasteiger partial charge in [-0.15, -0.1) is 0 Å². The number of hydrogen-bond acceptors (Lipinski definition) is 2. The fraction of sp³-hybridized carbons (Fsp3) is 0.579. The number of benzene rings is 1. The highest BCUT2D eigenvalue weighted by molar-refractivity contribution is 6.41. The molecule has 2 amide bonds. The molecular weight excluding hydrogens is 288 g/mol. The van der Waals surface area contributed by atoms with Gasteiger partial charge in [0, 0.05) is 17.3 Å². The Morgan fingerprint density at radius 2 is 1.78 bits per heavy atom. The molecule has 1 aliphatic heterocycles. The summed E-state index contributed by atoms with van der Waals surface area (Å²) in [5.41, 5.74) is 1.63. The number of nitrogens with zero attached hydrogens (tertiary/aromatic N) is 1. The normalized spacial score (nSPS) is 17.8. The van der Waals surface area contributed by atoms with Gasteiger partial charge >= 0.3 is 11.8 Å². The van der Waals surface area contributed by atoms with Crippen LogP contribution in [0.3, 0.4) is 0 Å². The van der Waals surface area contributed by atoms with Crippen LogP contribution in [0, 0.1) is 5.41 Å². The van der Waals surface area contributed by atoms with Gasteiger partial charge in [0.15, 0.2) is 0 Å². The summed E-state index contributed by atoms with van der Waals surface area (Å²) in [6.07, 6.45) is 1.59. The third-order valence-electron chi connectivity index (χ3n) is 4.04. The van der Waals surface area contributed by atoms with Gasteiger partial charge < -0.3 is 10.2 Å². The van der Waals surface area contributed by atoms with Crippen LogP contribution in [0.25, 0.3) is 0 Å². The highest BCUT2D eigenvalue weighted by atomic mass is 16.2. The molecule has 1 aliphatic rings. The molecule has 4 nitrogen and oxygen atoms in total. The van der Waals surface area contributed by atoms with Crippen molar-refractivity contribution in [3.05, 3.63) is 29.8 Å². The number of anilines is 1. The first kappa shape index (κ1) is 17.5. The van der Waals surface area contributed by atoms with Gasteiger partial charge in [-0.2, -0.15) is 0 Å². The first-order valence-corrected chi connectivity index (χ1v) is 8.24. The number of fused-ring (bicyclic) bond motifs is 1. The molecule has 0 spiro atoms. The van der Waals surface area contributed by atoms with E-state index >= 15 is 0 Å². The molecule has 1 aromatic carbocycles. The van der Waals surface area contributed by atoms with Crippen LogP contribution in [0.4, 0.5) is 5.69 Å². The fourth-order valence-corrected chi connectivity index (χ4v) is 3.72. The molecule has 1 unspecified atom stereocenters. The smallest absolute Gasteiger partial charge is 0.316 e. The standard InChI is InChI=1S/C19H28N2O2/c1-13-11-14-9-7-8-10-15(14)21(13)17(23)16(22)20-19(5,6)12-18(2,3)4/h7-10,13H,11-12H2,1-6H3,(H,20,22). The molecule has 4 heteroatoms. The van der Waals surface area contributed by atoms with Crippen molar-refractivity contribution < 1.29 is 9.59 Å². The van der Waals surface area contributed by atoms with Gasteiger partial charge in [0.25, 0.3) is 0 Å². The van der Waals surface area contributed by atoms with Crippen molar-refractivity contribution in [3.63, 3.8) is 0 Å². The zero-order valence-corrected chi connectivity index (χ0v) is 15.1. The summed E-state index contributed by atoms with van der Waals surface area (Å²) in [6.45, 7) is 12.3. The second-order valence-corrected chi connectivity index (χ2v) is 8.43. The lowest BCUT2D eigenvalue weighted by Gasteiger charge is -2.34. The van der Waals surface area contributed by atoms with Crippen LogP contribution in [0.15, 0.2) is 24.3 Å². The lowest BCUT2D eigenvalue weighted by atomic mass is 9.82. The third-order valence-corrected chi connectivity index (χ3v) is 4.04. The minimum Gasteiger partial charge on any atom is -0.343 e. The summed E-state index contributed by atoms with van der Waals surface area (Å²) in [5, 5.41) is 2.91. The van der Waals surface area contributed by atoms with Gasteiger partial charge in [-0.05, 0) is 50.7 Å². The minimum absolute atomic E-state index is 0.0105. The number of carbonyl (C=O) groups excluding carboxylic acids is 2. The monoisotopic (exact) mass is 316 g/mol. The van der Waals surface area contributed by atoms with Crippen LogP contribution in [-0.4, -0.2) is 23.4 Å². The Bertz CT molecular complexity index is 614. The predicted octanol–water partition coefficient (Wildman–Crippen LogP) is 3.30. The molecule has 0 bridgehead atoms. The van der Waals surface area contributed by atoms with E-state index in [1.165, 1.54) is 0 Å². The lowest BCUT2D eigenvalue weighted by molar-refractivity contribution is -0.139. The molecule has 0 fully saturated rings. The number of hydrogen-bond donors (Lipinski definition) is 1. The van der Waals surface area contributed by atoms with Crippen molar-refractivity contribution in [3.8, 4) is 0 Å². The average molecular weight is 316 g/mol. The van der Waals surface area contributed by atoms with Gasteiger partial charge in [-0.25, -0.2) is 0 Å². The van der Waals surface area contributed by atoms with Crippen molar-refractivity contribution in [2.45, 2.75) is 66.0 Å². The van der Waals surface area contributed by atoms with Gasteiger partial charge in [0.1, 0.15) is 0 Å². The summed E-state index contributed by atoms with van der Waals surface area (Å²) in [4.78, 5) is 26.8. The fourth-order valence-electron chi connectivity index (χ4n) is 3.72. The first-order chi connectivity index (χ1) is 10.5. The topological polar surface area (TPSA) is 49.4 Å². The summed E-state index contributed by atoms with van der Waals surface area (Å²) < 4.78 is 0. The average Bonchev–Trinajstić information content (AvgIpc) is 2.70. The lowest BCUT2D eigenvalue weighted by Crippen LogP contribution is -2.53. The SMILES string of the molecule is CC1Cc2ccccc2N1C(=O)C(=O)NC(C)(C)CC(C)(C)C. The Hall–Kier alpha value is -1.84. The van der Waals surface area contributed by atoms with Crippen molar-refractivity contribution in [1.29, 1.82) is 0 Å². The Kier molecular flexibility index (Phi) is 4.56. The molecular formula is C19H28N2O2. The molecule has 1 N–H and O–H groups in total. The maximum Gasteiger partial charge on any atom is 0.316 e. The molecule has 1 heterocycles.